The van der Waals surface area contributed by atoms with E-state index in [1.807, 2.05) is 0 Å². The van der Waals surface area contributed by atoms with Gasteiger partial charge in [0.1, 0.15) is 12.2 Å². The summed E-state index contributed by atoms with van der Waals surface area (Å²) < 4.78 is 34.2. The van der Waals surface area contributed by atoms with E-state index in [1.54, 1.807) is 20.8 Å². The summed E-state index contributed by atoms with van der Waals surface area (Å²) in [4.78, 5) is 44.2. The Bertz CT molecular complexity index is 973. The molecule has 3 fully saturated rings. The van der Waals surface area contributed by atoms with Crippen LogP contribution in [-0.4, -0.2) is 55.5 Å². The molecular weight excluding hydrogens is 442 g/mol. The fourth-order valence-electron chi connectivity index (χ4n) is 7.67. The van der Waals surface area contributed by atoms with E-state index < -0.39 is 66.2 Å². The van der Waals surface area contributed by atoms with Crippen molar-refractivity contribution < 1.29 is 43.1 Å². The SMILES string of the molecule is C[C@@H]1C[C@H]2[C@@H]3CCC4=CC(=O)C=C[C@]4(C)[C@@]3(F)[C@@H](O)C[C@]2(C)[C@@]1(OP(=O)(O)O)C(=O)CO. The number of hydrogen-bond acceptors (Lipinski definition) is 6. The van der Waals surface area contributed by atoms with Gasteiger partial charge in [0.15, 0.2) is 17.2 Å². The molecule has 0 aromatic heterocycles. The number of Topliss-reactive ketones (excluding diaryl/α,β-unsaturated/α-hetero) is 1. The summed E-state index contributed by atoms with van der Waals surface area (Å²) >= 11 is 0. The van der Waals surface area contributed by atoms with Crippen LogP contribution in [0.4, 0.5) is 4.39 Å². The van der Waals surface area contributed by atoms with Crippen molar-refractivity contribution in [2.75, 3.05) is 6.61 Å². The average molecular weight is 472 g/mol. The fourth-order valence-corrected chi connectivity index (χ4v) is 8.54. The van der Waals surface area contributed by atoms with Crippen LogP contribution in [0, 0.1) is 28.6 Å². The highest BCUT2D eigenvalue weighted by atomic mass is 31.2. The first-order chi connectivity index (χ1) is 14.7. The molecule has 3 saturated carbocycles. The molecule has 8 atom stereocenters. The molecule has 4 aliphatic carbocycles. The molecule has 0 aromatic carbocycles. The Balaban J connectivity index is 1.87. The largest absolute Gasteiger partial charge is 0.470 e. The summed E-state index contributed by atoms with van der Waals surface area (Å²) in [5.41, 5.74) is -6.13. The highest BCUT2D eigenvalue weighted by molar-refractivity contribution is 7.46. The first-order valence-corrected chi connectivity index (χ1v) is 12.4. The molecule has 10 heteroatoms. The molecule has 0 unspecified atom stereocenters. The van der Waals surface area contributed by atoms with Crippen LogP contribution in [-0.2, 0) is 18.7 Å². The fraction of sp³-hybridized carbons (Fsp3) is 0.727. The van der Waals surface area contributed by atoms with Gasteiger partial charge in [-0.1, -0.05) is 25.5 Å². The van der Waals surface area contributed by atoms with E-state index >= 15 is 4.39 Å². The minimum absolute atomic E-state index is 0.230. The molecule has 0 aromatic rings. The maximum absolute atomic E-state index is 17.1. The highest BCUT2D eigenvalue weighted by Crippen LogP contribution is 2.72. The number of hydrogen-bond donors (Lipinski definition) is 4. The zero-order chi connectivity index (χ0) is 23.9. The topological polar surface area (TPSA) is 141 Å². The molecule has 0 heterocycles. The van der Waals surface area contributed by atoms with Gasteiger partial charge in [0.2, 0.25) is 0 Å². The number of phosphoric acid groups is 1. The van der Waals surface area contributed by atoms with Crippen LogP contribution in [0.5, 0.6) is 0 Å². The van der Waals surface area contributed by atoms with E-state index in [-0.39, 0.29) is 18.6 Å². The van der Waals surface area contributed by atoms with Gasteiger partial charge in [-0.05, 0) is 56.6 Å². The molecule has 0 spiro atoms. The van der Waals surface area contributed by atoms with Crippen LogP contribution >= 0.6 is 7.82 Å². The van der Waals surface area contributed by atoms with Gasteiger partial charge in [0.25, 0.3) is 0 Å². The van der Waals surface area contributed by atoms with E-state index in [9.17, 15) is 34.2 Å². The van der Waals surface area contributed by atoms with Gasteiger partial charge in [0.05, 0.1) is 6.10 Å². The van der Waals surface area contributed by atoms with Crippen molar-refractivity contribution in [2.45, 2.75) is 63.8 Å². The van der Waals surface area contributed by atoms with Crippen molar-refractivity contribution in [3.8, 4) is 0 Å². The van der Waals surface area contributed by atoms with Crippen LogP contribution < -0.4 is 0 Å². The van der Waals surface area contributed by atoms with Gasteiger partial charge in [-0.25, -0.2) is 8.96 Å². The third kappa shape index (κ3) is 2.82. The normalized spacial score (nSPS) is 48.0. The summed E-state index contributed by atoms with van der Waals surface area (Å²) in [5.74, 6) is -3.13. The van der Waals surface area contributed by atoms with Crippen molar-refractivity contribution in [3.05, 3.63) is 23.8 Å². The van der Waals surface area contributed by atoms with Gasteiger partial charge < -0.3 is 20.0 Å². The Morgan fingerprint density at radius 1 is 1.31 bits per heavy atom. The summed E-state index contributed by atoms with van der Waals surface area (Å²) in [6, 6.07) is 0. The van der Waals surface area contributed by atoms with Crippen LogP contribution in [0.2, 0.25) is 0 Å². The molecule has 4 aliphatic rings. The minimum Gasteiger partial charge on any atom is -0.390 e. The van der Waals surface area contributed by atoms with Crippen molar-refractivity contribution >= 4 is 19.4 Å². The minimum atomic E-state index is -5.17. The highest BCUT2D eigenvalue weighted by Gasteiger charge is 2.77. The Morgan fingerprint density at radius 2 is 1.97 bits per heavy atom. The van der Waals surface area contributed by atoms with Crippen molar-refractivity contribution in [3.63, 3.8) is 0 Å². The van der Waals surface area contributed by atoms with Crippen LogP contribution in [0.3, 0.4) is 0 Å². The molecule has 32 heavy (non-hydrogen) atoms. The standard InChI is InChI=1S/C22H30FO8P/c1-12-8-16-15-5-4-13-9-14(25)6-7-19(13,2)21(15,23)17(26)10-20(16,3)22(12,18(27)11-24)31-32(28,29)30/h6-7,9,12,15-17,24,26H,4-5,8,10-11H2,1-3H3,(H2,28,29,30)/t12-,15+,16+,17+,19+,20+,21+,22+/m1/s1. The number of ketones is 2. The molecule has 0 amide bonds. The van der Waals surface area contributed by atoms with Crippen molar-refractivity contribution in [2.24, 2.45) is 28.6 Å². The molecule has 4 N–H and O–H groups in total. The van der Waals surface area contributed by atoms with Gasteiger partial charge in [-0.15, -0.1) is 0 Å². The second-order valence-corrected chi connectivity index (χ2v) is 11.5. The first-order valence-electron chi connectivity index (χ1n) is 10.9. The zero-order valence-electron chi connectivity index (χ0n) is 18.3. The van der Waals surface area contributed by atoms with Gasteiger partial charge in [-0.2, -0.15) is 0 Å². The first kappa shape index (κ1) is 23.9. The molecule has 4 rings (SSSR count). The molecule has 178 valence electrons. The predicted molar refractivity (Wildman–Crippen MR) is 111 cm³/mol. The van der Waals surface area contributed by atoms with E-state index in [1.165, 1.54) is 18.2 Å². The number of allylic oxidation sites excluding steroid dienone is 4. The molecule has 0 aliphatic heterocycles. The smallest absolute Gasteiger partial charge is 0.390 e. The summed E-state index contributed by atoms with van der Waals surface area (Å²) in [6.07, 6.45) is 3.34. The van der Waals surface area contributed by atoms with E-state index in [0.717, 1.165) is 0 Å². The second kappa shape index (κ2) is 7.14. The number of halogens is 1. The number of phosphoric ester groups is 1. The lowest BCUT2D eigenvalue weighted by Gasteiger charge is -2.63. The number of fused-ring (bicyclic) bond motifs is 5. The Labute approximate surface area is 185 Å². The van der Waals surface area contributed by atoms with Crippen LogP contribution in [0.1, 0.15) is 46.5 Å². The number of alkyl halides is 1. The molecule has 0 saturated heterocycles. The van der Waals surface area contributed by atoms with E-state index in [0.29, 0.717) is 18.4 Å². The molecule has 0 radical (unpaired) electrons. The molecule has 0 bridgehead atoms. The number of aliphatic hydroxyl groups excluding tert-OH is 2. The van der Waals surface area contributed by atoms with Crippen LogP contribution in [0.15, 0.2) is 23.8 Å². The Morgan fingerprint density at radius 3 is 2.56 bits per heavy atom. The summed E-state index contributed by atoms with van der Waals surface area (Å²) in [7, 11) is -5.17. The monoisotopic (exact) mass is 472 g/mol. The number of rotatable bonds is 4. The Kier molecular flexibility index (Phi) is 5.34. The van der Waals surface area contributed by atoms with Gasteiger partial charge in [-0.3, -0.25) is 14.1 Å². The lowest BCUT2D eigenvalue weighted by Crippen LogP contribution is -2.69. The maximum Gasteiger partial charge on any atom is 0.470 e. The summed E-state index contributed by atoms with van der Waals surface area (Å²) in [6.45, 7) is 3.87. The third-order valence-corrected chi connectivity index (χ3v) is 9.53. The lowest BCUT2D eigenvalue weighted by atomic mass is 9.44. The number of aliphatic hydroxyl groups is 2. The number of carbonyl (C=O) groups is 2. The third-order valence-electron chi connectivity index (χ3n) is 9.00. The molecular formula is C22H30FO8P. The van der Waals surface area contributed by atoms with E-state index in [2.05, 4.69) is 0 Å². The van der Waals surface area contributed by atoms with Gasteiger partial charge in [0, 0.05) is 16.7 Å². The predicted octanol–water partition coefficient (Wildman–Crippen LogP) is 2.01. The second-order valence-electron chi connectivity index (χ2n) is 10.3. The quantitative estimate of drug-likeness (QED) is 0.456. The lowest BCUT2D eigenvalue weighted by molar-refractivity contribution is -0.217. The van der Waals surface area contributed by atoms with Crippen molar-refractivity contribution in [1.82, 2.24) is 0 Å². The Hall–Kier alpha value is -1.22. The van der Waals surface area contributed by atoms with Gasteiger partial charge >= 0.3 is 7.82 Å². The van der Waals surface area contributed by atoms with E-state index in [4.69, 9.17) is 4.52 Å². The summed E-state index contributed by atoms with van der Waals surface area (Å²) in [5, 5.41) is 21.0. The zero-order valence-corrected chi connectivity index (χ0v) is 19.2. The number of carbonyl (C=O) groups excluding carboxylic acids is 2. The molecule has 8 nitrogen and oxygen atoms in total. The maximum atomic E-state index is 17.1. The van der Waals surface area contributed by atoms with Crippen LogP contribution in [0.25, 0.3) is 0 Å². The average Bonchev–Trinajstić information content (AvgIpc) is 2.90. The van der Waals surface area contributed by atoms with Crippen molar-refractivity contribution in [1.29, 1.82) is 0 Å².